The molecule has 0 spiro atoms. The SMILES string of the molecule is Cc1cc(C)n(Cc2cccc(-c3noc([C@H]4C[C@@H]4[N+](=O)[O-])n3)c2)n1. The highest BCUT2D eigenvalue weighted by molar-refractivity contribution is 5.55. The van der Waals surface area contributed by atoms with Crippen LogP contribution in [0, 0.1) is 24.0 Å². The maximum atomic E-state index is 10.8. The van der Waals surface area contributed by atoms with Gasteiger partial charge in [-0.05, 0) is 31.5 Å². The zero-order chi connectivity index (χ0) is 17.6. The smallest absolute Gasteiger partial charge is 0.237 e. The lowest BCUT2D eigenvalue weighted by Crippen LogP contribution is -2.04. The lowest BCUT2D eigenvalue weighted by Gasteiger charge is -2.05. The second-order valence-corrected chi connectivity index (χ2v) is 6.44. The molecule has 25 heavy (non-hydrogen) atoms. The monoisotopic (exact) mass is 339 g/mol. The van der Waals surface area contributed by atoms with E-state index in [1.165, 1.54) is 0 Å². The van der Waals surface area contributed by atoms with Crippen molar-refractivity contribution in [3.63, 3.8) is 0 Å². The van der Waals surface area contributed by atoms with Crippen molar-refractivity contribution in [3.8, 4) is 11.4 Å². The summed E-state index contributed by atoms with van der Waals surface area (Å²) in [5.74, 6) is 0.550. The van der Waals surface area contributed by atoms with Crippen LogP contribution in [0.3, 0.4) is 0 Å². The van der Waals surface area contributed by atoms with Gasteiger partial charge < -0.3 is 4.52 Å². The van der Waals surface area contributed by atoms with Gasteiger partial charge in [-0.1, -0.05) is 23.4 Å². The first kappa shape index (κ1) is 15.5. The summed E-state index contributed by atoms with van der Waals surface area (Å²) in [5, 5.41) is 19.2. The minimum absolute atomic E-state index is 0.255. The Morgan fingerprint density at radius 2 is 2.20 bits per heavy atom. The molecule has 1 aliphatic rings. The fraction of sp³-hybridized carbons (Fsp3) is 0.353. The van der Waals surface area contributed by atoms with Crippen LogP contribution < -0.4 is 0 Å². The fourth-order valence-electron chi connectivity index (χ4n) is 3.00. The van der Waals surface area contributed by atoms with Gasteiger partial charge in [-0.25, -0.2) is 0 Å². The van der Waals surface area contributed by atoms with E-state index < -0.39 is 6.04 Å². The highest BCUT2D eigenvalue weighted by atomic mass is 16.6. The van der Waals surface area contributed by atoms with Gasteiger partial charge in [0, 0.05) is 22.6 Å². The molecule has 0 bridgehead atoms. The predicted octanol–water partition coefficient (Wildman–Crippen LogP) is 2.73. The highest BCUT2D eigenvalue weighted by Crippen LogP contribution is 2.42. The molecule has 1 aliphatic carbocycles. The molecule has 3 aromatic rings. The zero-order valence-electron chi connectivity index (χ0n) is 13.9. The van der Waals surface area contributed by atoms with Crippen molar-refractivity contribution in [2.45, 2.75) is 38.8 Å². The number of nitro groups is 1. The summed E-state index contributed by atoms with van der Waals surface area (Å²) in [6.45, 7) is 4.65. The van der Waals surface area contributed by atoms with Crippen LogP contribution in [-0.2, 0) is 6.54 Å². The molecule has 4 rings (SSSR count). The minimum atomic E-state index is -0.592. The van der Waals surface area contributed by atoms with Gasteiger partial charge in [0.2, 0.25) is 17.8 Å². The minimum Gasteiger partial charge on any atom is -0.338 e. The topological polar surface area (TPSA) is 99.9 Å². The molecule has 1 fully saturated rings. The Bertz CT molecular complexity index is 945. The molecule has 0 radical (unpaired) electrons. The van der Waals surface area contributed by atoms with Crippen molar-refractivity contribution in [1.29, 1.82) is 0 Å². The van der Waals surface area contributed by atoms with E-state index in [4.69, 9.17) is 4.52 Å². The molecule has 0 unspecified atom stereocenters. The summed E-state index contributed by atoms with van der Waals surface area (Å²) in [4.78, 5) is 14.8. The van der Waals surface area contributed by atoms with Crippen LogP contribution in [0.1, 0.15) is 35.2 Å². The van der Waals surface area contributed by atoms with Gasteiger partial charge in [-0.2, -0.15) is 10.1 Å². The molecule has 0 amide bonds. The molecule has 2 heterocycles. The Morgan fingerprint density at radius 1 is 1.36 bits per heavy atom. The van der Waals surface area contributed by atoms with Crippen LogP contribution in [-0.4, -0.2) is 30.9 Å². The van der Waals surface area contributed by atoms with Crippen molar-refractivity contribution in [2.75, 3.05) is 0 Å². The third-order valence-electron chi connectivity index (χ3n) is 4.41. The van der Waals surface area contributed by atoms with Crippen LogP contribution in [0.15, 0.2) is 34.9 Å². The Kier molecular flexibility index (Phi) is 3.60. The molecule has 0 N–H and O–H groups in total. The van der Waals surface area contributed by atoms with Crippen LogP contribution in [0.5, 0.6) is 0 Å². The van der Waals surface area contributed by atoms with E-state index in [0.29, 0.717) is 24.7 Å². The van der Waals surface area contributed by atoms with Crippen LogP contribution in [0.2, 0.25) is 0 Å². The molecule has 1 saturated carbocycles. The molecule has 8 nitrogen and oxygen atoms in total. The zero-order valence-corrected chi connectivity index (χ0v) is 13.9. The van der Waals surface area contributed by atoms with Crippen molar-refractivity contribution < 1.29 is 9.45 Å². The van der Waals surface area contributed by atoms with Crippen molar-refractivity contribution in [3.05, 3.63) is 63.3 Å². The van der Waals surface area contributed by atoms with E-state index in [9.17, 15) is 10.1 Å². The van der Waals surface area contributed by atoms with Gasteiger partial charge in [0.25, 0.3) is 0 Å². The van der Waals surface area contributed by atoms with Crippen molar-refractivity contribution in [2.24, 2.45) is 0 Å². The van der Waals surface area contributed by atoms with E-state index >= 15 is 0 Å². The second-order valence-electron chi connectivity index (χ2n) is 6.44. The van der Waals surface area contributed by atoms with Gasteiger partial charge in [-0.15, -0.1) is 0 Å². The Morgan fingerprint density at radius 3 is 2.88 bits per heavy atom. The molecule has 2 aromatic heterocycles. The molecular formula is C17H17N5O3. The van der Waals surface area contributed by atoms with Crippen molar-refractivity contribution in [1.82, 2.24) is 19.9 Å². The molecular weight excluding hydrogens is 322 g/mol. The molecule has 1 aromatic carbocycles. The van der Waals surface area contributed by atoms with Gasteiger partial charge in [0.1, 0.15) is 5.92 Å². The van der Waals surface area contributed by atoms with E-state index in [-0.39, 0.29) is 10.8 Å². The Labute approximate surface area is 143 Å². The third kappa shape index (κ3) is 3.02. The molecule has 0 saturated heterocycles. The average Bonchev–Trinajstić information content (AvgIpc) is 3.12. The summed E-state index contributed by atoms with van der Waals surface area (Å²) in [5.41, 5.74) is 3.99. The number of aryl methyl sites for hydroxylation is 2. The summed E-state index contributed by atoms with van der Waals surface area (Å²) in [6.07, 6.45) is 0.465. The van der Waals surface area contributed by atoms with Gasteiger partial charge in [0.15, 0.2) is 0 Å². The fourth-order valence-corrected chi connectivity index (χ4v) is 3.00. The highest BCUT2D eigenvalue weighted by Gasteiger charge is 2.53. The molecule has 128 valence electrons. The quantitative estimate of drug-likeness (QED) is 0.523. The third-order valence-corrected chi connectivity index (χ3v) is 4.41. The summed E-state index contributed by atoms with van der Waals surface area (Å²) in [7, 11) is 0. The van der Waals surface area contributed by atoms with Gasteiger partial charge >= 0.3 is 0 Å². The number of hydrogen-bond acceptors (Lipinski definition) is 6. The summed E-state index contributed by atoms with van der Waals surface area (Å²) in [6, 6.07) is 9.29. The predicted molar refractivity (Wildman–Crippen MR) is 88.7 cm³/mol. The number of benzene rings is 1. The van der Waals surface area contributed by atoms with Crippen molar-refractivity contribution >= 4 is 0 Å². The average molecular weight is 339 g/mol. The first-order valence-electron chi connectivity index (χ1n) is 8.09. The van der Waals surface area contributed by atoms with E-state index in [1.807, 2.05) is 48.9 Å². The number of nitrogens with zero attached hydrogens (tertiary/aromatic N) is 5. The van der Waals surface area contributed by atoms with Gasteiger partial charge in [0.05, 0.1) is 12.2 Å². The lowest BCUT2D eigenvalue weighted by molar-refractivity contribution is -0.496. The maximum Gasteiger partial charge on any atom is 0.237 e. The Balaban J connectivity index is 1.55. The van der Waals surface area contributed by atoms with Crippen LogP contribution in [0.25, 0.3) is 11.4 Å². The van der Waals surface area contributed by atoms with Crippen LogP contribution in [0.4, 0.5) is 0 Å². The van der Waals surface area contributed by atoms with Gasteiger partial charge in [-0.3, -0.25) is 14.8 Å². The number of rotatable bonds is 5. The first-order valence-corrected chi connectivity index (χ1v) is 8.09. The molecule has 0 aliphatic heterocycles. The van der Waals surface area contributed by atoms with E-state index in [2.05, 4.69) is 15.2 Å². The maximum absolute atomic E-state index is 10.8. The lowest BCUT2D eigenvalue weighted by atomic mass is 10.1. The normalized spacial score (nSPS) is 19.1. The largest absolute Gasteiger partial charge is 0.338 e. The van der Waals surface area contributed by atoms with Crippen LogP contribution >= 0.6 is 0 Å². The number of hydrogen-bond donors (Lipinski definition) is 0. The Hall–Kier alpha value is -3.03. The van der Waals surface area contributed by atoms with E-state index in [0.717, 1.165) is 22.5 Å². The number of aromatic nitrogens is 4. The van der Waals surface area contributed by atoms with E-state index in [1.54, 1.807) is 0 Å². The molecule has 2 atom stereocenters. The summed E-state index contributed by atoms with van der Waals surface area (Å²) >= 11 is 0. The first-order chi connectivity index (χ1) is 12.0. The standard InChI is InChI=1S/C17H17N5O3/c1-10-6-11(2)21(19-10)9-12-4-3-5-13(7-12)16-18-17(25-20-16)14-8-15(14)22(23)24/h3-7,14-15H,8-9H2,1-2H3/t14-,15-/m0/s1. The second kappa shape index (κ2) is 5.80. The molecule has 8 heteroatoms. The summed E-state index contributed by atoms with van der Waals surface area (Å²) < 4.78 is 7.17.